The maximum Gasteiger partial charge on any atom is 0.144 e. The van der Waals surface area contributed by atoms with Crippen LogP contribution in [0.5, 0.6) is 0 Å². The molecule has 2 aromatic carbocycles. The normalized spacial score (nSPS) is 13.8. The second kappa shape index (κ2) is 14.2. The van der Waals surface area contributed by atoms with Crippen molar-refractivity contribution < 1.29 is 4.74 Å². The predicted octanol–water partition coefficient (Wildman–Crippen LogP) is 9.43. The number of imidazole rings is 1. The third kappa shape index (κ3) is 7.07. The summed E-state index contributed by atoms with van der Waals surface area (Å²) in [6, 6.07) is 13.5. The first-order valence-corrected chi connectivity index (χ1v) is 13.7. The second-order valence-electron chi connectivity index (χ2n) is 9.89. The SMILES string of the molecule is CC.CCC.Cc1ccccc1-c1nccn1-c1c(C(C)C)cc(C2CCOCC2)cc1C(C)C. The molecule has 0 atom stereocenters. The van der Waals surface area contributed by atoms with Gasteiger partial charge in [0, 0.05) is 31.2 Å². The van der Waals surface area contributed by atoms with Crippen molar-refractivity contribution in [3.05, 3.63) is 71.0 Å². The molecule has 1 aliphatic heterocycles. The van der Waals surface area contributed by atoms with Crippen LogP contribution in [0.4, 0.5) is 0 Å². The molecule has 1 fully saturated rings. The fourth-order valence-electron chi connectivity index (χ4n) is 4.64. The largest absolute Gasteiger partial charge is 0.381 e. The van der Waals surface area contributed by atoms with Crippen molar-refractivity contribution in [2.24, 2.45) is 0 Å². The molecule has 3 heteroatoms. The Labute approximate surface area is 215 Å². The molecule has 2 heterocycles. The predicted molar refractivity (Wildman–Crippen MR) is 152 cm³/mol. The van der Waals surface area contributed by atoms with Gasteiger partial charge in [-0.05, 0) is 59.8 Å². The van der Waals surface area contributed by atoms with E-state index in [4.69, 9.17) is 9.72 Å². The van der Waals surface area contributed by atoms with Gasteiger partial charge in [0.25, 0.3) is 0 Å². The summed E-state index contributed by atoms with van der Waals surface area (Å²) in [5.41, 5.74) is 8.06. The van der Waals surface area contributed by atoms with E-state index in [1.165, 1.54) is 39.9 Å². The summed E-state index contributed by atoms with van der Waals surface area (Å²) >= 11 is 0. The van der Waals surface area contributed by atoms with E-state index in [2.05, 4.69) is 95.6 Å². The van der Waals surface area contributed by atoms with Crippen molar-refractivity contribution >= 4 is 0 Å². The number of rotatable bonds is 5. The van der Waals surface area contributed by atoms with Crippen molar-refractivity contribution in [3.8, 4) is 17.1 Å². The molecule has 0 saturated carbocycles. The Hall–Kier alpha value is -2.39. The molecule has 0 N–H and O–H groups in total. The smallest absolute Gasteiger partial charge is 0.144 e. The molecular weight excluding hydrogens is 428 g/mol. The van der Waals surface area contributed by atoms with Crippen LogP contribution < -0.4 is 0 Å². The van der Waals surface area contributed by atoms with Gasteiger partial charge in [-0.3, -0.25) is 4.57 Å². The molecule has 192 valence electrons. The average molecular weight is 477 g/mol. The summed E-state index contributed by atoms with van der Waals surface area (Å²) in [5.74, 6) is 2.49. The molecule has 0 amide bonds. The number of hydrogen-bond acceptors (Lipinski definition) is 2. The van der Waals surface area contributed by atoms with Gasteiger partial charge >= 0.3 is 0 Å². The third-order valence-electron chi connectivity index (χ3n) is 6.40. The van der Waals surface area contributed by atoms with E-state index in [-0.39, 0.29) is 0 Å². The highest BCUT2D eigenvalue weighted by atomic mass is 16.5. The van der Waals surface area contributed by atoms with Crippen LogP contribution in [0.2, 0.25) is 0 Å². The van der Waals surface area contributed by atoms with Crippen LogP contribution in [0.15, 0.2) is 48.8 Å². The minimum Gasteiger partial charge on any atom is -0.381 e. The van der Waals surface area contributed by atoms with Gasteiger partial charge in [-0.25, -0.2) is 4.98 Å². The monoisotopic (exact) mass is 476 g/mol. The maximum atomic E-state index is 5.62. The summed E-state index contributed by atoms with van der Waals surface area (Å²) in [5, 5.41) is 0. The summed E-state index contributed by atoms with van der Waals surface area (Å²) < 4.78 is 7.94. The van der Waals surface area contributed by atoms with Gasteiger partial charge in [0.05, 0.1) is 5.69 Å². The number of nitrogens with zero attached hydrogens (tertiary/aromatic N) is 2. The zero-order valence-electron chi connectivity index (χ0n) is 23.7. The van der Waals surface area contributed by atoms with Crippen molar-refractivity contribution in [1.82, 2.24) is 9.55 Å². The lowest BCUT2D eigenvalue weighted by atomic mass is 9.84. The minimum absolute atomic E-state index is 0.435. The highest BCUT2D eigenvalue weighted by molar-refractivity contribution is 5.65. The van der Waals surface area contributed by atoms with Crippen LogP contribution in [0.25, 0.3) is 17.1 Å². The van der Waals surface area contributed by atoms with E-state index >= 15 is 0 Å². The van der Waals surface area contributed by atoms with Crippen molar-refractivity contribution in [3.63, 3.8) is 0 Å². The van der Waals surface area contributed by atoms with E-state index in [9.17, 15) is 0 Å². The first-order chi connectivity index (χ1) is 16.9. The van der Waals surface area contributed by atoms with Crippen molar-refractivity contribution in [1.29, 1.82) is 0 Å². The highest BCUT2D eigenvalue weighted by Crippen LogP contribution is 2.39. The van der Waals surface area contributed by atoms with Crippen LogP contribution in [-0.2, 0) is 4.74 Å². The van der Waals surface area contributed by atoms with Gasteiger partial charge in [0.2, 0.25) is 0 Å². The molecule has 0 aliphatic carbocycles. The standard InChI is InChI=1S/C27H34N2O.C3H8.C2H6/c1-18(2)24-16-22(21-10-14-30-15-11-21)17-25(19(3)4)26(24)29-13-12-28-27(29)23-9-7-6-8-20(23)5;1-3-2;1-2/h6-9,12-13,16-19,21H,10-11,14-15H2,1-5H3;3H2,1-2H3;1-2H3. The Morgan fingerprint density at radius 3 is 2.00 bits per heavy atom. The minimum atomic E-state index is 0.435. The van der Waals surface area contributed by atoms with Crippen LogP contribution in [-0.4, -0.2) is 22.8 Å². The van der Waals surface area contributed by atoms with E-state index in [0.717, 1.165) is 31.9 Å². The summed E-state index contributed by atoms with van der Waals surface area (Å²) in [6.45, 7) is 21.4. The summed E-state index contributed by atoms with van der Waals surface area (Å²) in [7, 11) is 0. The van der Waals surface area contributed by atoms with Gasteiger partial charge in [-0.1, -0.05) is 98.2 Å². The van der Waals surface area contributed by atoms with E-state index in [0.29, 0.717) is 17.8 Å². The topological polar surface area (TPSA) is 27.1 Å². The molecule has 0 bridgehead atoms. The molecule has 1 aliphatic rings. The lowest BCUT2D eigenvalue weighted by Gasteiger charge is -2.28. The van der Waals surface area contributed by atoms with Crippen molar-refractivity contribution in [2.45, 2.75) is 99.3 Å². The Balaban J connectivity index is 0.000000803. The van der Waals surface area contributed by atoms with Crippen LogP contribution in [0.3, 0.4) is 0 Å². The highest BCUT2D eigenvalue weighted by Gasteiger charge is 2.24. The quantitative estimate of drug-likeness (QED) is 0.366. The molecule has 0 unspecified atom stereocenters. The molecule has 0 radical (unpaired) electrons. The molecular formula is C32H48N2O. The fraction of sp³-hybridized carbons (Fsp3) is 0.531. The van der Waals surface area contributed by atoms with Gasteiger partial charge in [0.1, 0.15) is 5.82 Å². The van der Waals surface area contributed by atoms with Gasteiger partial charge in [0.15, 0.2) is 0 Å². The van der Waals surface area contributed by atoms with E-state index in [1.807, 2.05) is 20.0 Å². The number of ether oxygens (including phenoxy) is 1. The number of benzene rings is 2. The van der Waals surface area contributed by atoms with E-state index in [1.54, 1.807) is 0 Å². The van der Waals surface area contributed by atoms with Gasteiger partial charge < -0.3 is 4.74 Å². The van der Waals surface area contributed by atoms with Crippen LogP contribution in [0.1, 0.15) is 115 Å². The lowest BCUT2D eigenvalue weighted by Crippen LogP contribution is -2.16. The first-order valence-electron chi connectivity index (χ1n) is 13.7. The average Bonchev–Trinajstić information content (AvgIpc) is 3.35. The molecule has 1 saturated heterocycles. The van der Waals surface area contributed by atoms with Crippen LogP contribution in [0, 0.1) is 6.92 Å². The summed E-state index contributed by atoms with van der Waals surface area (Å²) in [6.07, 6.45) is 7.55. The molecule has 1 aromatic heterocycles. The fourth-order valence-corrected chi connectivity index (χ4v) is 4.64. The van der Waals surface area contributed by atoms with E-state index < -0.39 is 0 Å². The second-order valence-corrected chi connectivity index (χ2v) is 9.89. The Kier molecular flexibility index (Phi) is 11.7. The van der Waals surface area contributed by atoms with Gasteiger partial charge in [-0.2, -0.15) is 0 Å². The zero-order chi connectivity index (χ0) is 26.0. The van der Waals surface area contributed by atoms with Gasteiger partial charge in [-0.15, -0.1) is 0 Å². The molecule has 35 heavy (non-hydrogen) atoms. The Morgan fingerprint density at radius 2 is 1.49 bits per heavy atom. The lowest BCUT2D eigenvalue weighted by molar-refractivity contribution is 0.0853. The first kappa shape index (κ1) is 28.8. The molecule has 3 aromatic rings. The maximum absolute atomic E-state index is 5.62. The van der Waals surface area contributed by atoms with Crippen LogP contribution >= 0.6 is 0 Å². The molecule has 4 rings (SSSR count). The molecule has 3 nitrogen and oxygen atoms in total. The summed E-state index contributed by atoms with van der Waals surface area (Å²) in [4.78, 5) is 4.78. The number of aryl methyl sites for hydroxylation is 1. The Morgan fingerprint density at radius 1 is 0.943 bits per heavy atom. The molecule has 0 spiro atoms. The Bertz CT molecular complexity index is 997. The number of hydrogen-bond donors (Lipinski definition) is 0. The van der Waals surface area contributed by atoms with Crippen molar-refractivity contribution in [2.75, 3.05) is 13.2 Å². The third-order valence-corrected chi connectivity index (χ3v) is 6.40. The zero-order valence-corrected chi connectivity index (χ0v) is 23.7. The number of aromatic nitrogens is 2.